The molecule has 19 heavy (non-hydrogen) atoms. The molecule has 108 valence electrons. The van der Waals surface area contributed by atoms with Crippen LogP contribution in [0.1, 0.15) is 27.2 Å². The third kappa shape index (κ3) is 4.23. The Balaban J connectivity index is 2.84. The first-order valence-corrected chi connectivity index (χ1v) is 8.23. The molecule has 0 aromatic rings. The van der Waals surface area contributed by atoms with E-state index in [2.05, 4.69) is 44.4 Å². The van der Waals surface area contributed by atoms with E-state index in [1.165, 1.54) is 11.1 Å². The summed E-state index contributed by atoms with van der Waals surface area (Å²) in [6.07, 6.45) is 7.52. The van der Waals surface area contributed by atoms with Crippen molar-refractivity contribution < 1.29 is 0 Å². The van der Waals surface area contributed by atoms with E-state index in [-0.39, 0.29) is 5.54 Å². The molecule has 0 atom stereocenters. The van der Waals surface area contributed by atoms with Gasteiger partial charge in [0.05, 0.1) is 5.54 Å². The standard InChI is InChI=1S/C16H28N2S/c1-5-8-14(4)9-18(10-15(6-2)7-3)16(11-17)12-19-13-16/h6-8H,2,5,9-13,17H2,1,3-4H3/b14-8+,15-7+. The highest BCUT2D eigenvalue weighted by atomic mass is 32.2. The molecule has 3 heteroatoms. The van der Waals surface area contributed by atoms with Crippen LogP contribution in [0.15, 0.2) is 36.0 Å². The van der Waals surface area contributed by atoms with E-state index in [0.29, 0.717) is 0 Å². The molecule has 0 aromatic heterocycles. The van der Waals surface area contributed by atoms with Crippen molar-refractivity contribution in [3.05, 3.63) is 36.0 Å². The Morgan fingerprint density at radius 1 is 1.42 bits per heavy atom. The zero-order valence-electron chi connectivity index (χ0n) is 12.6. The van der Waals surface area contributed by atoms with E-state index in [0.717, 1.165) is 37.6 Å². The molecule has 0 spiro atoms. The number of allylic oxidation sites excluding steroid dienone is 2. The maximum absolute atomic E-state index is 6.06. The normalized spacial score (nSPS) is 19.4. The van der Waals surface area contributed by atoms with Gasteiger partial charge in [-0.25, -0.2) is 0 Å². The molecule has 0 amide bonds. The first-order valence-electron chi connectivity index (χ1n) is 7.08. The van der Waals surface area contributed by atoms with Crippen molar-refractivity contribution in [3.63, 3.8) is 0 Å². The summed E-state index contributed by atoms with van der Waals surface area (Å²) in [7, 11) is 0. The topological polar surface area (TPSA) is 29.3 Å². The summed E-state index contributed by atoms with van der Waals surface area (Å²) >= 11 is 1.99. The Labute approximate surface area is 122 Å². The van der Waals surface area contributed by atoms with Crippen LogP contribution in [0.4, 0.5) is 0 Å². The third-order valence-electron chi connectivity index (χ3n) is 3.79. The highest BCUT2D eigenvalue weighted by Crippen LogP contribution is 2.35. The Bertz CT molecular complexity index is 348. The second-order valence-electron chi connectivity index (χ2n) is 5.30. The Morgan fingerprint density at radius 2 is 2.11 bits per heavy atom. The average molecular weight is 280 g/mol. The minimum atomic E-state index is 0.185. The van der Waals surface area contributed by atoms with Gasteiger partial charge in [0.1, 0.15) is 0 Å². The van der Waals surface area contributed by atoms with Crippen LogP contribution in [0, 0.1) is 0 Å². The van der Waals surface area contributed by atoms with E-state index in [4.69, 9.17) is 5.73 Å². The number of nitrogens with two attached hydrogens (primary N) is 1. The fourth-order valence-corrected chi connectivity index (χ4v) is 3.64. The Kier molecular flexibility index (Phi) is 6.90. The molecule has 1 aliphatic heterocycles. The van der Waals surface area contributed by atoms with Crippen LogP contribution in [0.2, 0.25) is 0 Å². The van der Waals surface area contributed by atoms with Gasteiger partial charge in [-0.05, 0) is 25.8 Å². The van der Waals surface area contributed by atoms with Crippen molar-refractivity contribution in [2.24, 2.45) is 5.73 Å². The number of hydrogen-bond acceptors (Lipinski definition) is 3. The lowest BCUT2D eigenvalue weighted by atomic mass is 9.98. The maximum Gasteiger partial charge on any atom is 0.0518 e. The minimum Gasteiger partial charge on any atom is -0.329 e. The van der Waals surface area contributed by atoms with Crippen LogP contribution in [0.25, 0.3) is 0 Å². The molecule has 0 saturated carbocycles. The summed E-state index contributed by atoms with van der Waals surface area (Å²) in [6, 6.07) is 0. The largest absolute Gasteiger partial charge is 0.329 e. The van der Waals surface area contributed by atoms with Crippen molar-refractivity contribution in [3.8, 4) is 0 Å². The first kappa shape index (κ1) is 16.5. The SMILES string of the molecule is C=C/C(=C\C)CN(C/C(C)=C/CC)C1(CN)CSC1. The summed E-state index contributed by atoms with van der Waals surface area (Å²) in [5.41, 5.74) is 8.97. The van der Waals surface area contributed by atoms with Gasteiger partial charge in [-0.15, -0.1) is 0 Å². The lowest BCUT2D eigenvalue weighted by molar-refractivity contribution is 0.152. The van der Waals surface area contributed by atoms with Gasteiger partial charge in [0, 0.05) is 31.1 Å². The van der Waals surface area contributed by atoms with Gasteiger partial charge < -0.3 is 5.73 Å². The van der Waals surface area contributed by atoms with Gasteiger partial charge in [-0.1, -0.05) is 37.3 Å². The first-order chi connectivity index (χ1) is 9.11. The molecule has 2 nitrogen and oxygen atoms in total. The fraction of sp³-hybridized carbons (Fsp3) is 0.625. The summed E-state index contributed by atoms with van der Waals surface area (Å²) in [5.74, 6) is 2.30. The Hall–Kier alpha value is -0.510. The van der Waals surface area contributed by atoms with E-state index in [9.17, 15) is 0 Å². The minimum absolute atomic E-state index is 0.185. The molecule has 1 aliphatic rings. The molecular formula is C16H28N2S. The highest BCUT2D eigenvalue weighted by molar-refractivity contribution is 8.00. The molecule has 0 aromatic carbocycles. The zero-order valence-corrected chi connectivity index (χ0v) is 13.4. The molecule has 2 N–H and O–H groups in total. The van der Waals surface area contributed by atoms with Gasteiger partial charge in [-0.2, -0.15) is 11.8 Å². The molecule has 1 saturated heterocycles. The van der Waals surface area contributed by atoms with Crippen LogP contribution in [-0.4, -0.2) is 41.6 Å². The zero-order chi connectivity index (χ0) is 14.3. The third-order valence-corrected chi connectivity index (χ3v) is 5.27. The molecule has 0 aliphatic carbocycles. The number of nitrogens with zero attached hydrogens (tertiary/aromatic N) is 1. The van der Waals surface area contributed by atoms with E-state index >= 15 is 0 Å². The van der Waals surface area contributed by atoms with Crippen LogP contribution in [-0.2, 0) is 0 Å². The molecule has 1 heterocycles. The van der Waals surface area contributed by atoms with Crippen molar-refractivity contribution in [2.45, 2.75) is 32.7 Å². The number of rotatable bonds is 8. The highest BCUT2D eigenvalue weighted by Gasteiger charge is 2.41. The fourth-order valence-electron chi connectivity index (χ4n) is 2.37. The number of hydrogen-bond donors (Lipinski definition) is 1. The van der Waals surface area contributed by atoms with Crippen LogP contribution in [0.5, 0.6) is 0 Å². The van der Waals surface area contributed by atoms with Crippen molar-refractivity contribution >= 4 is 11.8 Å². The molecule has 1 fully saturated rings. The van der Waals surface area contributed by atoms with Gasteiger partial charge in [0.15, 0.2) is 0 Å². The summed E-state index contributed by atoms with van der Waals surface area (Å²) in [5, 5.41) is 0. The van der Waals surface area contributed by atoms with Crippen LogP contribution < -0.4 is 5.73 Å². The second-order valence-corrected chi connectivity index (χ2v) is 6.29. The van der Waals surface area contributed by atoms with Crippen LogP contribution >= 0.6 is 11.8 Å². The van der Waals surface area contributed by atoms with Crippen molar-refractivity contribution in [2.75, 3.05) is 31.1 Å². The molecule has 0 bridgehead atoms. The second kappa shape index (κ2) is 7.93. The van der Waals surface area contributed by atoms with Crippen molar-refractivity contribution in [1.29, 1.82) is 0 Å². The van der Waals surface area contributed by atoms with Crippen LogP contribution in [0.3, 0.4) is 0 Å². The van der Waals surface area contributed by atoms with Gasteiger partial charge in [0.2, 0.25) is 0 Å². The Morgan fingerprint density at radius 3 is 2.47 bits per heavy atom. The van der Waals surface area contributed by atoms with E-state index in [1.807, 2.05) is 17.8 Å². The lowest BCUT2D eigenvalue weighted by Gasteiger charge is -2.49. The quantitative estimate of drug-likeness (QED) is 0.547. The lowest BCUT2D eigenvalue weighted by Crippen LogP contribution is -2.63. The molecule has 0 unspecified atom stereocenters. The summed E-state index contributed by atoms with van der Waals surface area (Å²) in [6.45, 7) is 13.1. The predicted molar refractivity (Wildman–Crippen MR) is 88.7 cm³/mol. The van der Waals surface area contributed by atoms with Gasteiger partial charge in [-0.3, -0.25) is 4.90 Å². The van der Waals surface area contributed by atoms with E-state index < -0.39 is 0 Å². The monoisotopic (exact) mass is 280 g/mol. The maximum atomic E-state index is 6.06. The van der Waals surface area contributed by atoms with E-state index in [1.54, 1.807) is 0 Å². The summed E-state index contributed by atoms with van der Waals surface area (Å²) in [4.78, 5) is 2.54. The molecular weight excluding hydrogens is 252 g/mol. The average Bonchev–Trinajstić information content (AvgIpc) is 2.35. The van der Waals surface area contributed by atoms with Gasteiger partial charge >= 0.3 is 0 Å². The van der Waals surface area contributed by atoms with Crippen molar-refractivity contribution in [1.82, 2.24) is 4.90 Å². The smallest absolute Gasteiger partial charge is 0.0518 e. The molecule has 0 radical (unpaired) electrons. The van der Waals surface area contributed by atoms with Gasteiger partial charge in [0.25, 0.3) is 0 Å². The number of thioether (sulfide) groups is 1. The summed E-state index contributed by atoms with van der Waals surface area (Å²) < 4.78 is 0. The predicted octanol–water partition coefficient (Wildman–Crippen LogP) is 3.22. The molecule has 1 rings (SSSR count).